The average molecular weight is 343 g/mol. The third-order valence-electron chi connectivity index (χ3n) is 2.36. The zero-order valence-corrected chi connectivity index (χ0v) is 13.5. The minimum absolute atomic E-state index is 0.164. The maximum Gasteiger partial charge on any atom is 0.154 e. The first-order valence-electron chi connectivity index (χ1n) is 5.68. The van der Waals surface area contributed by atoms with Gasteiger partial charge in [0.15, 0.2) is 4.34 Å². The lowest BCUT2D eigenvalue weighted by Crippen LogP contribution is -2.18. The molecule has 0 spiro atoms. The number of hydrogen-bond donors (Lipinski definition) is 1. The van der Waals surface area contributed by atoms with Crippen LogP contribution in [0.5, 0.6) is 0 Å². The van der Waals surface area contributed by atoms with Crippen LogP contribution in [0.1, 0.15) is 18.2 Å². The smallest absolute Gasteiger partial charge is 0.154 e. The zero-order chi connectivity index (χ0) is 13.1. The van der Waals surface area contributed by atoms with Crippen molar-refractivity contribution >= 4 is 39.0 Å². The van der Waals surface area contributed by atoms with Crippen LogP contribution < -0.4 is 5.73 Å². The lowest BCUT2D eigenvalue weighted by Gasteiger charge is -2.10. The zero-order valence-electron chi connectivity index (χ0n) is 10.3. The van der Waals surface area contributed by atoms with Gasteiger partial charge in [0, 0.05) is 26.5 Å². The normalized spacial score (nSPS) is 12.7. The number of aromatic nitrogens is 1. The summed E-state index contributed by atoms with van der Waals surface area (Å²) in [5, 5.41) is 2.08. The second-order valence-corrected chi connectivity index (χ2v) is 7.35. The summed E-state index contributed by atoms with van der Waals surface area (Å²) in [5.74, 6) is 0. The van der Waals surface area contributed by atoms with Gasteiger partial charge in [-0.05, 0) is 44.0 Å². The summed E-state index contributed by atoms with van der Waals surface area (Å²) in [6, 6.07) is 6.50. The Morgan fingerprint density at radius 3 is 2.89 bits per heavy atom. The quantitative estimate of drug-likeness (QED) is 0.902. The first-order valence-corrected chi connectivity index (χ1v) is 8.17. The number of nitrogens with zero attached hydrogens (tertiary/aromatic N) is 1. The maximum absolute atomic E-state index is 5.90. The maximum atomic E-state index is 5.90. The van der Waals surface area contributed by atoms with Gasteiger partial charge >= 0.3 is 0 Å². The fourth-order valence-corrected chi connectivity index (χ4v) is 3.95. The Bertz CT molecular complexity index is 538. The summed E-state index contributed by atoms with van der Waals surface area (Å²) in [4.78, 5) is 5.73. The third kappa shape index (κ3) is 3.82. The number of halogens is 1. The largest absolute Gasteiger partial charge is 0.328 e. The molecular formula is C13H15BrN2S2. The molecule has 5 heteroatoms. The van der Waals surface area contributed by atoms with E-state index in [1.807, 2.05) is 13.8 Å². The fourth-order valence-electron chi connectivity index (χ4n) is 1.63. The second-order valence-electron chi connectivity index (χ2n) is 4.29. The van der Waals surface area contributed by atoms with Gasteiger partial charge in [0.2, 0.25) is 0 Å². The van der Waals surface area contributed by atoms with Crippen molar-refractivity contribution < 1.29 is 0 Å². The first kappa shape index (κ1) is 14.1. The summed E-state index contributed by atoms with van der Waals surface area (Å²) in [5.41, 5.74) is 8.26. The number of hydrogen-bond acceptors (Lipinski definition) is 4. The van der Waals surface area contributed by atoms with Crippen LogP contribution in [0.4, 0.5) is 0 Å². The highest BCUT2D eigenvalue weighted by atomic mass is 79.9. The third-order valence-corrected chi connectivity index (χ3v) is 5.03. The van der Waals surface area contributed by atoms with E-state index in [-0.39, 0.29) is 6.04 Å². The molecule has 1 aromatic heterocycles. The van der Waals surface area contributed by atoms with Gasteiger partial charge in [0.05, 0.1) is 0 Å². The van der Waals surface area contributed by atoms with Crippen molar-refractivity contribution in [2.75, 3.05) is 0 Å². The van der Waals surface area contributed by atoms with Crippen molar-refractivity contribution in [3.05, 3.63) is 39.3 Å². The molecule has 0 aliphatic carbocycles. The standard InChI is InChI=1S/C13H15BrN2S2/c1-8(15)5-10-6-11(14)3-4-12(10)18-13-16-9(2)7-17-13/h3-4,6-8H,5,15H2,1-2H3. The highest BCUT2D eigenvalue weighted by Crippen LogP contribution is 2.34. The molecule has 0 bridgehead atoms. The van der Waals surface area contributed by atoms with E-state index < -0.39 is 0 Å². The summed E-state index contributed by atoms with van der Waals surface area (Å²) in [6.07, 6.45) is 0.881. The van der Waals surface area contributed by atoms with E-state index in [4.69, 9.17) is 5.73 Å². The Kier molecular flexibility index (Phi) is 4.84. The monoisotopic (exact) mass is 342 g/mol. The van der Waals surface area contributed by atoms with Crippen molar-refractivity contribution in [2.24, 2.45) is 5.73 Å². The van der Waals surface area contributed by atoms with Crippen LogP contribution in [0, 0.1) is 6.92 Å². The van der Waals surface area contributed by atoms with Crippen LogP contribution >= 0.6 is 39.0 Å². The van der Waals surface area contributed by atoms with Crippen LogP contribution in [0.2, 0.25) is 0 Å². The molecule has 2 aromatic rings. The lowest BCUT2D eigenvalue weighted by molar-refractivity contribution is 0.729. The minimum atomic E-state index is 0.164. The van der Waals surface area contributed by atoms with E-state index in [0.29, 0.717) is 0 Å². The number of rotatable bonds is 4. The van der Waals surface area contributed by atoms with Crippen molar-refractivity contribution in [1.29, 1.82) is 0 Å². The summed E-state index contributed by atoms with van der Waals surface area (Å²) in [7, 11) is 0. The van der Waals surface area contributed by atoms with E-state index in [1.165, 1.54) is 10.5 Å². The summed E-state index contributed by atoms with van der Waals surface area (Å²) < 4.78 is 2.18. The van der Waals surface area contributed by atoms with Gasteiger partial charge in [-0.3, -0.25) is 0 Å². The first-order chi connectivity index (χ1) is 8.54. The van der Waals surface area contributed by atoms with Crippen LogP contribution in [0.3, 0.4) is 0 Å². The van der Waals surface area contributed by atoms with Gasteiger partial charge in [-0.2, -0.15) is 0 Å². The molecule has 0 amide bonds. The van der Waals surface area contributed by atoms with E-state index in [2.05, 4.69) is 44.5 Å². The predicted octanol–water partition coefficient (Wildman–Crippen LogP) is 4.25. The fraction of sp³-hybridized carbons (Fsp3) is 0.308. The molecule has 0 aliphatic heterocycles. The highest BCUT2D eigenvalue weighted by Gasteiger charge is 2.09. The molecular weight excluding hydrogens is 328 g/mol. The molecule has 0 aliphatic rings. The van der Waals surface area contributed by atoms with Crippen molar-refractivity contribution in [2.45, 2.75) is 35.5 Å². The SMILES string of the molecule is Cc1csc(Sc2ccc(Br)cc2CC(C)N)n1. The average Bonchev–Trinajstić information content (AvgIpc) is 2.67. The number of aryl methyl sites for hydroxylation is 1. The molecule has 0 fully saturated rings. The van der Waals surface area contributed by atoms with Gasteiger partial charge in [0.25, 0.3) is 0 Å². The highest BCUT2D eigenvalue weighted by molar-refractivity contribution is 9.10. The molecule has 0 radical (unpaired) electrons. The van der Waals surface area contributed by atoms with Gasteiger partial charge in [-0.25, -0.2) is 4.98 Å². The molecule has 2 rings (SSSR count). The van der Waals surface area contributed by atoms with Crippen LogP contribution in [-0.4, -0.2) is 11.0 Å². The predicted molar refractivity (Wildman–Crippen MR) is 82.5 cm³/mol. The van der Waals surface area contributed by atoms with Crippen LogP contribution in [0.25, 0.3) is 0 Å². The molecule has 0 saturated heterocycles. The molecule has 1 heterocycles. The van der Waals surface area contributed by atoms with E-state index in [1.54, 1.807) is 23.1 Å². The summed E-state index contributed by atoms with van der Waals surface area (Å²) in [6.45, 7) is 4.05. The van der Waals surface area contributed by atoms with Crippen LogP contribution in [0.15, 0.2) is 37.3 Å². The molecule has 1 unspecified atom stereocenters. The Hall–Kier alpha value is -0.360. The number of nitrogens with two attached hydrogens (primary N) is 1. The topological polar surface area (TPSA) is 38.9 Å². The minimum Gasteiger partial charge on any atom is -0.328 e. The van der Waals surface area contributed by atoms with E-state index in [9.17, 15) is 0 Å². The van der Waals surface area contributed by atoms with Gasteiger partial charge in [0.1, 0.15) is 0 Å². The van der Waals surface area contributed by atoms with Crippen molar-refractivity contribution in [3.8, 4) is 0 Å². The Labute approximate surface area is 124 Å². The molecule has 1 atom stereocenters. The van der Waals surface area contributed by atoms with E-state index >= 15 is 0 Å². The molecule has 1 aromatic carbocycles. The molecule has 96 valence electrons. The van der Waals surface area contributed by atoms with Gasteiger partial charge < -0.3 is 5.73 Å². The van der Waals surface area contributed by atoms with Crippen molar-refractivity contribution in [1.82, 2.24) is 4.98 Å². The van der Waals surface area contributed by atoms with Crippen molar-refractivity contribution in [3.63, 3.8) is 0 Å². The lowest BCUT2D eigenvalue weighted by atomic mass is 10.1. The molecule has 2 nitrogen and oxygen atoms in total. The van der Waals surface area contributed by atoms with Gasteiger partial charge in [-0.1, -0.05) is 27.7 Å². The molecule has 2 N–H and O–H groups in total. The van der Waals surface area contributed by atoms with E-state index in [0.717, 1.165) is 20.9 Å². The number of thiazole rings is 1. The second kappa shape index (κ2) is 6.19. The molecule has 0 saturated carbocycles. The Morgan fingerprint density at radius 2 is 2.28 bits per heavy atom. The summed E-state index contributed by atoms with van der Waals surface area (Å²) >= 11 is 6.91. The Morgan fingerprint density at radius 1 is 1.50 bits per heavy atom. The molecule has 18 heavy (non-hydrogen) atoms. The number of benzene rings is 1. The van der Waals surface area contributed by atoms with Gasteiger partial charge in [-0.15, -0.1) is 11.3 Å². The van der Waals surface area contributed by atoms with Crippen LogP contribution in [-0.2, 0) is 6.42 Å². The Balaban J connectivity index is 2.26.